The van der Waals surface area contributed by atoms with Crippen molar-refractivity contribution in [2.75, 3.05) is 20.2 Å². The second-order valence-electron chi connectivity index (χ2n) is 11.9. The second-order valence-corrected chi connectivity index (χ2v) is 11.9. The topological polar surface area (TPSA) is 149 Å². The third-order valence-electron chi connectivity index (χ3n) is 8.62. The summed E-state index contributed by atoms with van der Waals surface area (Å²) in [5.41, 5.74) is 0.462. The molecule has 1 aromatic carbocycles. The van der Waals surface area contributed by atoms with Crippen LogP contribution in [-0.4, -0.2) is 95.5 Å². The van der Waals surface area contributed by atoms with Gasteiger partial charge in [0.05, 0.1) is 13.0 Å². The highest BCUT2D eigenvalue weighted by Gasteiger charge is 2.53. The Balaban J connectivity index is 1.98. The van der Waals surface area contributed by atoms with Gasteiger partial charge in [-0.25, -0.2) is 4.79 Å². The fourth-order valence-electron chi connectivity index (χ4n) is 6.14. The summed E-state index contributed by atoms with van der Waals surface area (Å²) in [7, 11) is 1.17. The van der Waals surface area contributed by atoms with E-state index in [1.54, 1.807) is 18.7 Å². The van der Waals surface area contributed by atoms with Gasteiger partial charge in [0, 0.05) is 33.4 Å². The van der Waals surface area contributed by atoms with Crippen LogP contribution < -0.4 is 5.32 Å². The van der Waals surface area contributed by atoms with E-state index in [4.69, 9.17) is 14.2 Å². The standard InChI is InChI=1S/C32H45N3O9/c1-19-11-13-25(14-12-19)18-32(31(41)33-27(30(40)42-7)22(4)44-24(6)37)15-9-17-35(32)29(39)26-10-8-16-34(26)28(38)20(2)21(3)43-23(5)36/h11-14,20-22,26-27H,8-10,15-18H2,1-7H3,(H,33,41)/t20-,21+,22+,26-,27-,32?/m0/s1. The molecule has 1 aromatic rings. The van der Waals surface area contributed by atoms with Gasteiger partial charge in [-0.15, -0.1) is 0 Å². The fraction of sp³-hybridized carbons (Fsp3) is 0.625. The molecule has 242 valence electrons. The molecule has 3 amide bonds. The summed E-state index contributed by atoms with van der Waals surface area (Å²) in [6, 6.07) is 5.53. The van der Waals surface area contributed by atoms with E-state index in [1.165, 1.54) is 32.8 Å². The van der Waals surface area contributed by atoms with E-state index in [9.17, 15) is 28.8 Å². The highest BCUT2D eigenvalue weighted by molar-refractivity contribution is 5.97. The minimum Gasteiger partial charge on any atom is -0.467 e. The molecular formula is C32H45N3O9. The molecule has 2 heterocycles. The largest absolute Gasteiger partial charge is 0.467 e. The summed E-state index contributed by atoms with van der Waals surface area (Å²) in [6.45, 7) is 9.85. The number of ether oxygens (including phenoxy) is 3. The average Bonchev–Trinajstić information content (AvgIpc) is 3.63. The normalized spacial score (nSPS) is 22.4. The first-order chi connectivity index (χ1) is 20.7. The number of carbonyl (C=O) groups excluding carboxylic acids is 6. The molecule has 2 fully saturated rings. The maximum absolute atomic E-state index is 14.4. The molecule has 2 aliphatic rings. The van der Waals surface area contributed by atoms with Crippen LogP contribution in [0.15, 0.2) is 24.3 Å². The Labute approximate surface area is 258 Å². The van der Waals surface area contributed by atoms with Crippen molar-refractivity contribution >= 4 is 35.6 Å². The van der Waals surface area contributed by atoms with E-state index < -0.39 is 59.6 Å². The molecule has 0 spiro atoms. The lowest BCUT2D eigenvalue weighted by molar-refractivity contribution is -0.160. The molecule has 0 saturated carbocycles. The van der Waals surface area contributed by atoms with Crippen molar-refractivity contribution in [2.24, 2.45) is 5.92 Å². The number of amides is 3. The molecular weight excluding hydrogens is 570 g/mol. The first kappa shape index (κ1) is 34.5. The first-order valence-corrected chi connectivity index (χ1v) is 15.1. The zero-order valence-electron chi connectivity index (χ0n) is 26.7. The molecule has 0 aliphatic carbocycles. The van der Waals surface area contributed by atoms with Crippen molar-refractivity contribution in [1.29, 1.82) is 0 Å². The lowest BCUT2D eigenvalue weighted by atomic mass is 9.85. The highest BCUT2D eigenvalue weighted by Crippen LogP contribution is 2.36. The number of hydrogen-bond donors (Lipinski definition) is 1. The van der Waals surface area contributed by atoms with E-state index in [2.05, 4.69) is 5.32 Å². The van der Waals surface area contributed by atoms with Gasteiger partial charge in [-0.05, 0) is 52.0 Å². The van der Waals surface area contributed by atoms with E-state index >= 15 is 0 Å². The van der Waals surface area contributed by atoms with Crippen LogP contribution in [0.4, 0.5) is 0 Å². The van der Waals surface area contributed by atoms with Gasteiger partial charge in [-0.3, -0.25) is 24.0 Å². The molecule has 6 atom stereocenters. The Hall–Kier alpha value is -3.96. The van der Waals surface area contributed by atoms with Crippen LogP contribution >= 0.6 is 0 Å². The summed E-state index contributed by atoms with van der Waals surface area (Å²) in [6.07, 6.45) is 0.320. The Bertz CT molecular complexity index is 1250. The van der Waals surface area contributed by atoms with Gasteiger partial charge in [-0.1, -0.05) is 36.8 Å². The third-order valence-corrected chi connectivity index (χ3v) is 8.62. The molecule has 12 heteroatoms. The summed E-state index contributed by atoms with van der Waals surface area (Å²) in [5.74, 6) is -3.83. The molecule has 1 unspecified atom stereocenters. The Morgan fingerprint density at radius 3 is 2.14 bits per heavy atom. The monoisotopic (exact) mass is 615 g/mol. The first-order valence-electron chi connectivity index (χ1n) is 15.1. The van der Waals surface area contributed by atoms with Gasteiger partial charge in [-0.2, -0.15) is 0 Å². The van der Waals surface area contributed by atoms with Crippen LogP contribution in [0.3, 0.4) is 0 Å². The summed E-state index contributed by atoms with van der Waals surface area (Å²) in [5, 5.41) is 2.73. The van der Waals surface area contributed by atoms with Gasteiger partial charge in [0.25, 0.3) is 0 Å². The third kappa shape index (κ3) is 7.75. The van der Waals surface area contributed by atoms with Crippen molar-refractivity contribution in [2.45, 2.75) is 103 Å². The molecule has 0 aromatic heterocycles. The van der Waals surface area contributed by atoms with Gasteiger partial charge < -0.3 is 29.3 Å². The Morgan fingerprint density at radius 2 is 1.55 bits per heavy atom. The Morgan fingerprint density at radius 1 is 0.932 bits per heavy atom. The molecule has 2 saturated heterocycles. The van der Waals surface area contributed by atoms with Crippen LogP contribution in [0.25, 0.3) is 0 Å². The number of likely N-dealkylation sites (tertiary alicyclic amines) is 2. The summed E-state index contributed by atoms with van der Waals surface area (Å²) < 4.78 is 15.4. The maximum Gasteiger partial charge on any atom is 0.332 e. The number of hydrogen-bond acceptors (Lipinski definition) is 9. The van der Waals surface area contributed by atoms with E-state index in [0.29, 0.717) is 32.2 Å². The fourth-order valence-corrected chi connectivity index (χ4v) is 6.14. The minimum absolute atomic E-state index is 0.168. The van der Waals surface area contributed by atoms with Crippen molar-refractivity contribution in [3.63, 3.8) is 0 Å². The minimum atomic E-state index is -1.39. The van der Waals surface area contributed by atoms with Crippen LogP contribution in [0.5, 0.6) is 0 Å². The van der Waals surface area contributed by atoms with Crippen LogP contribution in [0.2, 0.25) is 0 Å². The molecule has 12 nitrogen and oxygen atoms in total. The van der Waals surface area contributed by atoms with Gasteiger partial charge >= 0.3 is 17.9 Å². The van der Waals surface area contributed by atoms with Crippen LogP contribution in [0.1, 0.15) is 71.4 Å². The lowest BCUT2D eigenvalue weighted by Gasteiger charge is -2.41. The molecule has 44 heavy (non-hydrogen) atoms. The van der Waals surface area contributed by atoms with Crippen LogP contribution in [0, 0.1) is 12.8 Å². The molecule has 0 bridgehead atoms. The number of benzene rings is 1. The van der Waals surface area contributed by atoms with Gasteiger partial charge in [0.15, 0.2) is 6.04 Å². The van der Waals surface area contributed by atoms with Gasteiger partial charge in [0.1, 0.15) is 23.8 Å². The summed E-state index contributed by atoms with van der Waals surface area (Å²) >= 11 is 0. The SMILES string of the molecule is COC(=O)[C@@H](NC(=O)C1(Cc2ccc(C)cc2)CCCN1C(=O)[C@@H]1CCCN1C(=O)[C@@H](C)[C@@H](C)OC(C)=O)[C@@H](C)OC(C)=O. The average molecular weight is 616 g/mol. The predicted molar refractivity (Wildman–Crippen MR) is 159 cm³/mol. The predicted octanol–water partition coefficient (Wildman–Crippen LogP) is 2.09. The number of aryl methyl sites for hydroxylation is 1. The number of nitrogens with zero attached hydrogens (tertiary/aromatic N) is 2. The Kier molecular flexibility index (Phi) is 11.5. The number of esters is 3. The van der Waals surface area contributed by atoms with Gasteiger partial charge in [0.2, 0.25) is 17.7 Å². The number of methoxy groups -OCH3 is 1. The number of rotatable bonds is 11. The lowest BCUT2D eigenvalue weighted by Crippen LogP contribution is -2.64. The van der Waals surface area contributed by atoms with Crippen molar-refractivity contribution in [3.8, 4) is 0 Å². The molecule has 1 N–H and O–H groups in total. The number of nitrogens with one attached hydrogen (secondary N) is 1. The second kappa shape index (κ2) is 14.7. The van der Waals surface area contributed by atoms with Crippen LogP contribution in [-0.2, 0) is 49.4 Å². The number of carbonyl (C=O) groups is 6. The molecule has 3 rings (SSSR count). The quantitative estimate of drug-likeness (QED) is 0.292. The van der Waals surface area contributed by atoms with Crippen molar-refractivity contribution in [1.82, 2.24) is 15.1 Å². The van der Waals surface area contributed by atoms with Crippen molar-refractivity contribution in [3.05, 3.63) is 35.4 Å². The molecule has 0 radical (unpaired) electrons. The summed E-state index contributed by atoms with van der Waals surface area (Å²) in [4.78, 5) is 81.2. The van der Waals surface area contributed by atoms with E-state index in [0.717, 1.165) is 11.1 Å². The maximum atomic E-state index is 14.4. The highest BCUT2D eigenvalue weighted by atomic mass is 16.6. The smallest absolute Gasteiger partial charge is 0.332 e. The zero-order chi connectivity index (χ0) is 32.8. The van der Waals surface area contributed by atoms with E-state index in [1.807, 2.05) is 31.2 Å². The zero-order valence-corrected chi connectivity index (χ0v) is 26.7. The van der Waals surface area contributed by atoms with Crippen molar-refractivity contribution < 1.29 is 43.0 Å². The molecule has 2 aliphatic heterocycles. The van der Waals surface area contributed by atoms with E-state index in [-0.39, 0.29) is 24.8 Å².